The van der Waals surface area contributed by atoms with Crippen LogP contribution < -0.4 is 5.56 Å². The molecule has 0 aliphatic rings. The lowest BCUT2D eigenvalue weighted by molar-refractivity contribution is 0.0697. The zero-order chi connectivity index (χ0) is 15.7. The van der Waals surface area contributed by atoms with Gasteiger partial charge in [0.25, 0.3) is 5.56 Å². The summed E-state index contributed by atoms with van der Waals surface area (Å²) in [6.07, 6.45) is 1.28. The number of carboxylic acid groups (broad SMARTS) is 1. The van der Waals surface area contributed by atoms with Crippen LogP contribution in [0.15, 0.2) is 23.1 Å². The molecule has 6 heteroatoms. The van der Waals surface area contributed by atoms with E-state index in [-0.39, 0.29) is 11.1 Å². The predicted molar refractivity (Wildman–Crippen MR) is 76.1 cm³/mol. The second-order valence-corrected chi connectivity index (χ2v) is 4.71. The van der Waals surface area contributed by atoms with Crippen molar-refractivity contribution < 1.29 is 9.90 Å². The molecule has 21 heavy (non-hydrogen) atoms. The van der Waals surface area contributed by atoms with Crippen molar-refractivity contribution in [2.75, 3.05) is 0 Å². The summed E-state index contributed by atoms with van der Waals surface area (Å²) in [6, 6.07) is 4.91. The molecule has 6 nitrogen and oxygen atoms in total. The maximum absolute atomic E-state index is 11.9. The molecule has 1 N–H and O–H groups in total. The molecule has 0 fully saturated rings. The molecule has 106 valence electrons. The smallest absolute Gasteiger partial charge is 0.337 e. The van der Waals surface area contributed by atoms with Gasteiger partial charge in [0.1, 0.15) is 11.6 Å². The Balaban J connectivity index is 2.89. The van der Waals surface area contributed by atoms with E-state index in [2.05, 4.69) is 4.98 Å². The summed E-state index contributed by atoms with van der Waals surface area (Å²) < 4.78 is 1.34. The van der Waals surface area contributed by atoms with Crippen LogP contribution in [-0.4, -0.2) is 20.6 Å². The first-order valence-electron chi connectivity index (χ1n) is 6.18. The summed E-state index contributed by atoms with van der Waals surface area (Å²) >= 11 is 0. The number of rotatable bonds is 2. The number of aromatic carboxylic acids is 1. The number of hydrogen-bond donors (Lipinski definition) is 1. The summed E-state index contributed by atoms with van der Waals surface area (Å²) in [5.74, 6) is -1.11. The Bertz CT molecular complexity index is 844. The summed E-state index contributed by atoms with van der Waals surface area (Å²) in [5, 5.41) is 18.3. The molecule has 0 saturated heterocycles. The molecule has 2 rings (SSSR count). The number of hydrogen-bond acceptors (Lipinski definition) is 4. The quantitative estimate of drug-likeness (QED) is 0.903. The average Bonchev–Trinajstić information content (AvgIpc) is 2.45. The Morgan fingerprint density at radius 1 is 1.33 bits per heavy atom. The van der Waals surface area contributed by atoms with Crippen LogP contribution in [0, 0.1) is 25.2 Å². The fourth-order valence-corrected chi connectivity index (χ4v) is 2.13. The van der Waals surface area contributed by atoms with Gasteiger partial charge in [-0.25, -0.2) is 4.79 Å². The van der Waals surface area contributed by atoms with Crippen molar-refractivity contribution in [2.24, 2.45) is 7.05 Å². The van der Waals surface area contributed by atoms with Crippen molar-refractivity contribution >= 4 is 5.97 Å². The van der Waals surface area contributed by atoms with Gasteiger partial charge in [0.15, 0.2) is 0 Å². The molecule has 0 spiro atoms. The van der Waals surface area contributed by atoms with Gasteiger partial charge in [-0.2, -0.15) is 5.26 Å². The molecule has 0 bridgehead atoms. The lowest BCUT2D eigenvalue weighted by Crippen LogP contribution is -2.22. The first-order chi connectivity index (χ1) is 9.86. The number of nitriles is 1. The van der Waals surface area contributed by atoms with E-state index >= 15 is 0 Å². The Morgan fingerprint density at radius 2 is 2.00 bits per heavy atom. The van der Waals surface area contributed by atoms with E-state index in [1.165, 1.54) is 16.8 Å². The molecule has 0 amide bonds. The first-order valence-corrected chi connectivity index (χ1v) is 6.18. The highest BCUT2D eigenvalue weighted by atomic mass is 16.4. The molecule has 0 aliphatic carbocycles. The summed E-state index contributed by atoms with van der Waals surface area (Å²) in [7, 11) is 1.55. The third kappa shape index (κ3) is 2.41. The molecular weight excluding hydrogens is 270 g/mol. The molecule has 0 radical (unpaired) electrons. The predicted octanol–water partition coefficient (Wildman–Crippen LogP) is 1.63. The third-order valence-corrected chi connectivity index (χ3v) is 3.40. The van der Waals surface area contributed by atoms with E-state index in [0.717, 1.165) is 0 Å². The van der Waals surface area contributed by atoms with Gasteiger partial charge in [-0.15, -0.1) is 0 Å². The van der Waals surface area contributed by atoms with E-state index < -0.39 is 11.5 Å². The van der Waals surface area contributed by atoms with Crippen LogP contribution >= 0.6 is 0 Å². The number of carboxylic acids is 1. The van der Waals surface area contributed by atoms with E-state index in [4.69, 9.17) is 5.26 Å². The number of aryl methyl sites for hydroxylation is 1. The number of aromatic nitrogens is 2. The Labute approximate surface area is 120 Å². The van der Waals surface area contributed by atoms with Crippen LogP contribution in [-0.2, 0) is 7.05 Å². The maximum atomic E-state index is 11.9. The van der Waals surface area contributed by atoms with E-state index in [1.807, 2.05) is 6.07 Å². The standard InChI is InChI=1S/C15H13N3O3/c1-8-4-12(13(7-17-8)15(20)21)11-5-10(6-16)14(19)18(3)9(11)2/h4-5,7H,1-3H3,(H,20,21). The van der Waals surface area contributed by atoms with Crippen LogP contribution in [0.4, 0.5) is 0 Å². The zero-order valence-electron chi connectivity index (χ0n) is 11.8. The van der Waals surface area contributed by atoms with Crippen LogP contribution in [0.5, 0.6) is 0 Å². The Morgan fingerprint density at radius 3 is 2.57 bits per heavy atom. The highest BCUT2D eigenvalue weighted by molar-refractivity contribution is 5.96. The van der Waals surface area contributed by atoms with Crippen LogP contribution in [0.25, 0.3) is 11.1 Å². The van der Waals surface area contributed by atoms with Crippen molar-refractivity contribution in [3.63, 3.8) is 0 Å². The van der Waals surface area contributed by atoms with Gasteiger partial charge in [-0.1, -0.05) is 0 Å². The van der Waals surface area contributed by atoms with Gasteiger partial charge in [0.05, 0.1) is 5.56 Å². The van der Waals surface area contributed by atoms with E-state index in [0.29, 0.717) is 22.5 Å². The lowest BCUT2D eigenvalue weighted by Gasteiger charge is -2.13. The minimum atomic E-state index is -1.11. The highest BCUT2D eigenvalue weighted by Crippen LogP contribution is 2.27. The van der Waals surface area contributed by atoms with E-state index in [9.17, 15) is 14.7 Å². The minimum Gasteiger partial charge on any atom is -0.478 e. The molecule has 0 unspecified atom stereocenters. The normalized spacial score (nSPS) is 10.2. The van der Waals surface area contributed by atoms with Crippen LogP contribution in [0.2, 0.25) is 0 Å². The van der Waals surface area contributed by atoms with Crippen LogP contribution in [0.3, 0.4) is 0 Å². The third-order valence-electron chi connectivity index (χ3n) is 3.40. The topological polar surface area (TPSA) is 96.0 Å². The van der Waals surface area contributed by atoms with Crippen LogP contribution in [0.1, 0.15) is 27.3 Å². The SMILES string of the molecule is Cc1cc(-c2cc(C#N)c(=O)n(C)c2C)c(C(=O)O)cn1. The fourth-order valence-electron chi connectivity index (χ4n) is 2.13. The average molecular weight is 283 g/mol. The zero-order valence-corrected chi connectivity index (χ0v) is 11.8. The maximum Gasteiger partial charge on any atom is 0.337 e. The van der Waals surface area contributed by atoms with Gasteiger partial charge in [0, 0.05) is 35.8 Å². The molecule has 2 aromatic heterocycles. The van der Waals surface area contributed by atoms with Crippen molar-refractivity contribution in [1.29, 1.82) is 5.26 Å². The number of pyridine rings is 2. The molecular formula is C15H13N3O3. The van der Waals surface area contributed by atoms with Gasteiger partial charge >= 0.3 is 5.97 Å². The number of nitrogens with zero attached hydrogens (tertiary/aromatic N) is 3. The summed E-state index contributed by atoms with van der Waals surface area (Å²) in [5.41, 5.74) is 1.83. The molecule has 2 aromatic rings. The van der Waals surface area contributed by atoms with E-state index in [1.54, 1.807) is 27.0 Å². The molecule has 2 heterocycles. The van der Waals surface area contributed by atoms with Gasteiger partial charge < -0.3 is 9.67 Å². The number of carbonyl (C=O) groups is 1. The minimum absolute atomic E-state index is 0.0242. The molecule has 0 aromatic carbocycles. The lowest BCUT2D eigenvalue weighted by atomic mass is 9.98. The Kier molecular flexibility index (Phi) is 3.59. The second-order valence-electron chi connectivity index (χ2n) is 4.71. The largest absolute Gasteiger partial charge is 0.478 e. The second kappa shape index (κ2) is 5.21. The summed E-state index contributed by atoms with van der Waals surface area (Å²) in [4.78, 5) is 27.2. The van der Waals surface area contributed by atoms with Gasteiger partial charge in [-0.05, 0) is 26.0 Å². The van der Waals surface area contributed by atoms with Crippen molar-refractivity contribution in [3.05, 3.63) is 51.2 Å². The molecule has 0 atom stereocenters. The molecule has 0 saturated carbocycles. The first kappa shape index (κ1) is 14.5. The van der Waals surface area contributed by atoms with Gasteiger partial charge in [0.2, 0.25) is 0 Å². The molecule has 0 aliphatic heterocycles. The highest BCUT2D eigenvalue weighted by Gasteiger charge is 2.17. The van der Waals surface area contributed by atoms with Crippen molar-refractivity contribution in [1.82, 2.24) is 9.55 Å². The monoisotopic (exact) mass is 283 g/mol. The van der Waals surface area contributed by atoms with Gasteiger partial charge in [-0.3, -0.25) is 9.78 Å². The Hall–Kier alpha value is -2.94. The fraction of sp³-hybridized carbons (Fsp3) is 0.200. The van der Waals surface area contributed by atoms with Crippen molar-refractivity contribution in [3.8, 4) is 17.2 Å². The van der Waals surface area contributed by atoms with Crippen molar-refractivity contribution in [2.45, 2.75) is 13.8 Å². The summed E-state index contributed by atoms with van der Waals surface area (Å²) in [6.45, 7) is 3.46.